The molecule has 0 bridgehead atoms. The van der Waals surface area contributed by atoms with E-state index in [2.05, 4.69) is 0 Å². The van der Waals surface area contributed by atoms with E-state index in [1.807, 2.05) is 0 Å². The molecule has 0 rings (SSSR count). The summed E-state index contributed by atoms with van der Waals surface area (Å²) in [5.74, 6) is 0. The van der Waals surface area contributed by atoms with Gasteiger partial charge in [-0.3, -0.25) is 0 Å². The molecule has 0 aliphatic carbocycles. The van der Waals surface area contributed by atoms with E-state index in [0.29, 0.717) is 0 Å². The van der Waals surface area contributed by atoms with Crippen LogP contribution in [0.2, 0.25) is 0 Å². The third-order valence-electron chi connectivity index (χ3n) is 0. The maximum atomic E-state index is 7.57. The Labute approximate surface area is 55.1 Å². The van der Waals surface area contributed by atoms with Gasteiger partial charge in [-0.25, -0.2) is 0 Å². The van der Waals surface area contributed by atoms with Crippen LogP contribution in [0.25, 0.3) is 0 Å². The second-order valence-corrected chi connectivity index (χ2v) is 0.316. The van der Waals surface area contributed by atoms with Crippen molar-refractivity contribution in [3.63, 3.8) is 0 Å². The molecule has 0 aromatic heterocycles. The van der Waals surface area contributed by atoms with Crippen LogP contribution in [-0.4, -0.2) is 35.6 Å². The molecule has 0 saturated carbocycles. The Morgan fingerprint density at radius 1 is 1.60 bits per heavy atom. The fraction of sp³-hybridized carbons (Fsp3) is 1.00. The molecular weight excluding hydrogens is 194 g/mol. The molecule has 0 aromatic carbocycles. The summed E-state index contributed by atoms with van der Waals surface area (Å²) in [6, 6.07) is 0. The van der Waals surface area contributed by atoms with E-state index in [1.165, 1.54) is 0 Å². The summed E-state index contributed by atoms with van der Waals surface area (Å²) in [7, 11) is 0. The van der Waals surface area contributed by atoms with Gasteiger partial charge in [0.2, 0.25) is 0 Å². The Kier molecular flexibility index (Phi) is 65.4. The molecule has 0 aliphatic rings. The first-order chi connectivity index (χ1) is 1.41. The third-order valence-corrected chi connectivity index (χ3v) is 0. The van der Waals surface area contributed by atoms with Gasteiger partial charge in [0, 0.05) is 6.61 Å². The van der Waals surface area contributed by atoms with Crippen molar-refractivity contribution in [2.75, 3.05) is 6.61 Å². The van der Waals surface area contributed by atoms with Crippen LogP contribution in [0.3, 0.4) is 0 Å². The Bertz CT molecular complexity index is 9.61. The second-order valence-electron chi connectivity index (χ2n) is 0.316. The first-order valence-electron chi connectivity index (χ1n) is 1.02. The summed E-state index contributed by atoms with van der Waals surface area (Å²) < 4.78 is 0. The molecule has 2 radical (unpaired) electrons. The first-order valence-corrected chi connectivity index (χ1v) is 1.02. The molecule has 0 spiro atoms. The summed E-state index contributed by atoms with van der Waals surface area (Å²) in [5, 5.41) is 7.57. The van der Waals surface area contributed by atoms with Gasteiger partial charge >= 0.3 is 23.9 Å². The zero-order chi connectivity index (χ0) is 2.71. The van der Waals surface area contributed by atoms with Crippen molar-refractivity contribution in [2.45, 2.75) is 6.92 Å². The van der Waals surface area contributed by atoms with E-state index in [4.69, 9.17) is 5.11 Å². The molecule has 0 saturated heterocycles. The van der Waals surface area contributed by atoms with Gasteiger partial charge in [0.1, 0.15) is 0 Å². The van der Waals surface area contributed by atoms with Gasteiger partial charge in [0.05, 0.1) is 0 Å². The predicted octanol–water partition coefficient (Wildman–Crippen LogP) is -0.496. The second kappa shape index (κ2) is 19.7. The molecule has 3 heteroatoms. The Morgan fingerprint density at radius 3 is 1.60 bits per heavy atom. The number of aliphatic hydroxyl groups is 1. The topological polar surface area (TPSA) is 20.2 Å². The summed E-state index contributed by atoms with van der Waals surface area (Å²) >= 11 is 0. The fourth-order valence-corrected chi connectivity index (χ4v) is 0. The Hall–Kier alpha value is 1.05. The minimum atomic E-state index is 0. The number of hydrogen-bond acceptors (Lipinski definition) is 1. The van der Waals surface area contributed by atoms with Crippen LogP contribution in [0, 0.1) is 0 Å². The summed E-state index contributed by atoms with van der Waals surface area (Å²) in [6.45, 7) is 1.93. The van der Waals surface area contributed by atoms with E-state index < -0.39 is 0 Å². The summed E-state index contributed by atoms with van der Waals surface area (Å²) in [6.07, 6.45) is 0. The normalized spacial score (nSPS) is 3.60. The number of halogens is 1. The van der Waals surface area contributed by atoms with E-state index in [0.717, 1.165) is 0 Å². The molecular formula is C2H9ClOSn. The van der Waals surface area contributed by atoms with Crippen LogP contribution >= 0.6 is 12.4 Å². The minimum absolute atomic E-state index is 0. The van der Waals surface area contributed by atoms with Crippen molar-refractivity contribution in [1.29, 1.82) is 0 Å². The standard InChI is InChI=1S/C2H6O.ClH.Sn.2H/c1-2-3;;;;/h3H,2H2,1H3;1H;;;. The van der Waals surface area contributed by atoms with Gasteiger partial charge in [-0.05, 0) is 6.92 Å². The average molecular weight is 203 g/mol. The van der Waals surface area contributed by atoms with Gasteiger partial charge in [-0.15, -0.1) is 12.4 Å². The van der Waals surface area contributed by atoms with Gasteiger partial charge in [0.15, 0.2) is 0 Å². The molecule has 0 aliphatic heterocycles. The van der Waals surface area contributed by atoms with Gasteiger partial charge in [-0.1, -0.05) is 0 Å². The van der Waals surface area contributed by atoms with Crippen LogP contribution in [0.5, 0.6) is 0 Å². The summed E-state index contributed by atoms with van der Waals surface area (Å²) in [5.41, 5.74) is 0. The van der Waals surface area contributed by atoms with Crippen molar-refractivity contribution in [3.8, 4) is 0 Å². The molecule has 5 heavy (non-hydrogen) atoms. The van der Waals surface area contributed by atoms with E-state index >= 15 is 0 Å². The quantitative estimate of drug-likeness (QED) is 0.526. The Balaban J connectivity index is -0.0000000200. The predicted molar refractivity (Wildman–Crippen MR) is 28.6 cm³/mol. The summed E-state index contributed by atoms with van der Waals surface area (Å²) in [4.78, 5) is 0. The van der Waals surface area contributed by atoms with Crippen molar-refractivity contribution < 1.29 is 5.11 Å². The van der Waals surface area contributed by atoms with Crippen molar-refractivity contribution in [1.82, 2.24) is 0 Å². The van der Waals surface area contributed by atoms with Crippen LogP contribution in [0.4, 0.5) is 0 Å². The van der Waals surface area contributed by atoms with E-state index in [9.17, 15) is 0 Å². The molecule has 0 atom stereocenters. The van der Waals surface area contributed by atoms with Gasteiger partial charge in [-0.2, -0.15) is 0 Å². The van der Waals surface area contributed by atoms with Crippen molar-refractivity contribution >= 4 is 36.3 Å². The van der Waals surface area contributed by atoms with Crippen LogP contribution < -0.4 is 0 Å². The van der Waals surface area contributed by atoms with Crippen molar-refractivity contribution in [3.05, 3.63) is 0 Å². The molecule has 0 aromatic rings. The maximum absolute atomic E-state index is 7.57. The first kappa shape index (κ1) is 16.6. The third kappa shape index (κ3) is 42.7. The molecule has 34 valence electrons. The molecule has 0 fully saturated rings. The number of aliphatic hydroxyl groups excluding tert-OH is 1. The number of rotatable bonds is 0. The molecule has 1 nitrogen and oxygen atoms in total. The molecule has 1 N–H and O–H groups in total. The number of hydrogen-bond donors (Lipinski definition) is 1. The van der Waals surface area contributed by atoms with E-state index in [-0.39, 0.29) is 42.9 Å². The average Bonchev–Trinajstić information content (AvgIpc) is 0.918. The molecule has 0 unspecified atom stereocenters. The zero-order valence-electron chi connectivity index (χ0n) is 3.27. The fourth-order valence-electron chi connectivity index (χ4n) is 0. The molecule has 0 heterocycles. The van der Waals surface area contributed by atoms with E-state index in [1.54, 1.807) is 6.92 Å². The van der Waals surface area contributed by atoms with Crippen LogP contribution in [-0.2, 0) is 0 Å². The molecule has 0 amide bonds. The van der Waals surface area contributed by atoms with Gasteiger partial charge in [0.25, 0.3) is 0 Å². The van der Waals surface area contributed by atoms with Crippen LogP contribution in [0.15, 0.2) is 0 Å². The van der Waals surface area contributed by atoms with Gasteiger partial charge < -0.3 is 5.11 Å². The SMILES string of the molecule is CCO.Cl.[SnH2]. The zero-order valence-corrected chi connectivity index (χ0v) is 8.12. The van der Waals surface area contributed by atoms with Crippen LogP contribution in [0.1, 0.15) is 6.92 Å². The Morgan fingerprint density at radius 2 is 1.60 bits per heavy atom. The monoisotopic (exact) mass is 204 g/mol. The van der Waals surface area contributed by atoms with Crippen molar-refractivity contribution in [2.24, 2.45) is 0 Å².